The molecule has 0 aliphatic carbocycles. The fourth-order valence-corrected chi connectivity index (χ4v) is 4.08. The van der Waals surface area contributed by atoms with Gasteiger partial charge in [0.05, 0.1) is 6.61 Å². The summed E-state index contributed by atoms with van der Waals surface area (Å²) in [7, 11) is 2.11. The zero-order valence-electron chi connectivity index (χ0n) is 13.5. The van der Waals surface area contributed by atoms with E-state index in [2.05, 4.69) is 22.2 Å². The summed E-state index contributed by atoms with van der Waals surface area (Å²) in [5, 5.41) is 22.0. The molecule has 2 heterocycles. The van der Waals surface area contributed by atoms with Crippen molar-refractivity contribution in [1.82, 2.24) is 15.1 Å². The zero-order chi connectivity index (χ0) is 15.1. The normalized spacial score (nSPS) is 31.7. The van der Waals surface area contributed by atoms with Crippen molar-refractivity contribution in [2.45, 2.75) is 44.2 Å². The van der Waals surface area contributed by atoms with E-state index in [0.717, 1.165) is 32.6 Å². The molecule has 3 unspecified atom stereocenters. The lowest BCUT2D eigenvalue weighted by Crippen LogP contribution is -2.58. The van der Waals surface area contributed by atoms with Gasteiger partial charge in [-0.05, 0) is 51.7 Å². The Morgan fingerprint density at radius 1 is 1.19 bits per heavy atom. The topological polar surface area (TPSA) is 59.0 Å². The quantitative estimate of drug-likeness (QED) is 0.624. The van der Waals surface area contributed by atoms with Gasteiger partial charge in [0.2, 0.25) is 0 Å². The van der Waals surface area contributed by atoms with Crippen LogP contribution in [-0.4, -0.2) is 85.1 Å². The lowest BCUT2D eigenvalue weighted by atomic mass is 9.87. The first-order valence-corrected chi connectivity index (χ1v) is 8.63. The maximum atomic E-state index is 9.34. The maximum Gasteiger partial charge on any atom is 0.0558 e. The molecule has 2 aliphatic heterocycles. The number of likely N-dealkylation sites (tertiary alicyclic amines) is 1. The smallest absolute Gasteiger partial charge is 0.0558 e. The van der Waals surface area contributed by atoms with Crippen LogP contribution >= 0.6 is 0 Å². The average Bonchev–Trinajstić information content (AvgIpc) is 2.49. The highest BCUT2D eigenvalue weighted by atomic mass is 16.3. The zero-order valence-corrected chi connectivity index (χ0v) is 13.5. The summed E-state index contributed by atoms with van der Waals surface area (Å²) in [6.07, 6.45) is 5.95. The number of piperidine rings is 2. The number of nitrogens with one attached hydrogen (secondary N) is 1. The van der Waals surface area contributed by atoms with Crippen LogP contribution in [0.3, 0.4) is 0 Å². The van der Waals surface area contributed by atoms with Gasteiger partial charge in [0.15, 0.2) is 0 Å². The highest BCUT2D eigenvalue weighted by molar-refractivity contribution is 4.91. The molecule has 5 nitrogen and oxygen atoms in total. The Balaban J connectivity index is 1.98. The van der Waals surface area contributed by atoms with Crippen LogP contribution in [-0.2, 0) is 0 Å². The van der Waals surface area contributed by atoms with Gasteiger partial charge >= 0.3 is 0 Å². The van der Waals surface area contributed by atoms with E-state index in [4.69, 9.17) is 5.11 Å². The molecule has 2 fully saturated rings. The number of aliphatic hydroxyl groups excluding tert-OH is 2. The largest absolute Gasteiger partial charge is 0.396 e. The molecule has 0 aromatic carbocycles. The molecule has 0 saturated carbocycles. The third-order valence-corrected chi connectivity index (χ3v) is 5.18. The summed E-state index contributed by atoms with van der Waals surface area (Å²) in [5.41, 5.74) is 0. The summed E-state index contributed by atoms with van der Waals surface area (Å²) >= 11 is 0. The van der Waals surface area contributed by atoms with Gasteiger partial charge in [-0.2, -0.15) is 0 Å². The highest BCUT2D eigenvalue weighted by Gasteiger charge is 2.35. The van der Waals surface area contributed by atoms with Gasteiger partial charge in [-0.15, -0.1) is 0 Å². The van der Waals surface area contributed by atoms with Crippen LogP contribution in [0.4, 0.5) is 0 Å². The fraction of sp³-hybridized carbons (Fsp3) is 1.00. The molecule has 0 amide bonds. The van der Waals surface area contributed by atoms with E-state index < -0.39 is 0 Å². The number of aliphatic hydroxyl groups is 2. The van der Waals surface area contributed by atoms with Crippen molar-refractivity contribution in [3.8, 4) is 0 Å². The van der Waals surface area contributed by atoms with Crippen molar-refractivity contribution in [3.63, 3.8) is 0 Å². The van der Waals surface area contributed by atoms with Crippen LogP contribution in [0.25, 0.3) is 0 Å². The minimum Gasteiger partial charge on any atom is -0.396 e. The number of nitrogens with zero attached hydrogens (tertiary/aromatic N) is 2. The minimum absolute atomic E-state index is 0.239. The molecular formula is C16H33N3O2. The van der Waals surface area contributed by atoms with E-state index in [-0.39, 0.29) is 6.61 Å². The van der Waals surface area contributed by atoms with Crippen molar-refractivity contribution in [2.24, 2.45) is 5.92 Å². The monoisotopic (exact) mass is 299 g/mol. The second-order valence-electron chi connectivity index (χ2n) is 6.71. The predicted molar refractivity (Wildman–Crippen MR) is 85.4 cm³/mol. The molecule has 2 rings (SSSR count). The highest BCUT2D eigenvalue weighted by Crippen LogP contribution is 2.28. The Kier molecular flexibility index (Phi) is 7.40. The molecule has 0 spiro atoms. The van der Waals surface area contributed by atoms with Crippen molar-refractivity contribution >= 4 is 0 Å². The van der Waals surface area contributed by atoms with Gasteiger partial charge in [-0.3, -0.25) is 4.90 Å². The van der Waals surface area contributed by atoms with E-state index in [0.29, 0.717) is 24.6 Å². The fourth-order valence-electron chi connectivity index (χ4n) is 4.08. The molecule has 0 bridgehead atoms. The Morgan fingerprint density at radius 3 is 2.81 bits per heavy atom. The molecule has 124 valence electrons. The third-order valence-electron chi connectivity index (χ3n) is 5.18. The van der Waals surface area contributed by atoms with Gasteiger partial charge in [-0.25, -0.2) is 0 Å². The Bertz CT molecular complexity index is 289. The second kappa shape index (κ2) is 9.06. The van der Waals surface area contributed by atoms with Gasteiger partial charge in [0.25, 0.3) is 0 Å². The summed E-state index contributed by atoms with van der Waals surface area (Å²) in [5.74, 6) is 0.669. The molecule has 2 aliphatic rings. The number of hydrogen-bond donors (Lipinski definition) is 3. The predicted octanol–water partition coefficient (Wildman–Crippen LogP) is 0.126. The van der Waals surface area contributed by atoms with Crippen molar-refractivity contribution in [2.75, 3.05) is 53.0 Å². The molecule has 2 saturated heterocycles. The summed E-state index contributed by atoms with van der Waals surface area (Å²) < 4.78 is 0. The van der Waals surface area contributed by atoms with Crippen LogP contribution in [0.2, 0.25) is 0 Å². The Labute approximate surface area is 129 Å². The van der Waals surface area contributed by atoms with E-state index in [1.807, 2.05) is 0 Å². The lowest BCUT2D eigenvalue weighted by Gasteiger charge is -2.47. The Hall–Kier alpha value is -0.200. The molecule has 0 aromatic heterocycles. The first-order valence-electron chi connectivity index (χ1n) is 8.63. The van der Waals surface area contributed by atoms with Gasteiger partial charge < -0.3 is 20.4 Å². The molecule has 21 heavy (non-hydrogen) atoms. The first-order chi connectivity index (χ1) is 10.3. The number of hydrogen-bond acceptors (Lipinski definition) is 5. The van der Waals surface area contributed by atoms with Crippen LogP contribution in [0, 0.1) is 5.92 Å². The van der Waals surface area contributed by atoms with Crippen LogP contribution < -0.4 is 5.32 Å². The minimum atomic E-state index is 0.239. The van der Waals surface area contributed by atoms with E-state index in [9.17, 15) is 5.11 Å². The molecule has 3 N–H and O–H groups in total. The molecule has 0 aromatic rings. The first kappa shape index (κ1) is 17.2. The second-order valence-corrected chi connectivity index (χ2v) is 6.71. The summed E-state index contributed by atoms with van der Waals surface area (Å²) in [4.78, 5) is 4.93. The van der Waals surface area contributed by atoms with E-state index in [1.54, 1.807) is 0 Å². The third kappa shape index (κ3) is 4.89. The Morgan fingerprint density at radius 2 is 2.05 bits per heavy atom. The van der Waals surface area contributed by atoms with Crippen molar-refractivity contribution in [3.05, 3.63) is 0 Å². The number of likely N-dealkylation sites (N-methyl/N-ethyl adjacent to an activating group) is 1. The molecule has 0 radical (unpaired) electrons. The van der Waals surface area contributed by atoms with Gasteiger partial charge in [-0.1, -0.05) is 6.42 Å². The van der Waals surface area contributed by atoms with Crippen LogP contribution in [0.15, 0.2) is 0 Å². The van der Waals surface area contributed by atoms with Gasteiger partial charge in [0, 0.05) is 38.3 Å². The summed E-state index contributed by atoms with van der Waals surface area (Å²) in [6.45, 7) is 5.72. The van der Waals surface area contributed by atoms with E-state index >= 15 is 0 Å². The molecule has 3 atom stereocenters. The number of rotatable bonds is 7. The van der Waals surface area contributed by atoms with Crippen molar-refractivity contribution < 1.29 is 10.2 Å². The van der Waals surface area contributed by atoms with Crippen molar-refractivity contribution in [1.29, 1.82) is 0 Å². The van der Waals surface area contributed by atoms with Crippen LogP contribution in [0.1, 0.15) is 32.1 Å². The molecular weight excluding hydrogens is 266 g/mol. The lowest BCUT2D eigenvalue weighted by molar-refractivity contribution is 0.0244. The molecule has 5 heteroatoms. The average molecular weight is 299 g/mol. The summed E-state index contributed by atoms with van der Waals surface area (Å²) in [6, 6.07) is 1.14. The van der Waals surface area contributed by atoms with E-state index in [1.165, 1.54) is 32.2 Å². The van der Waals surface area contributed by atoms with Gasteiger partial charge in [0.1, 0.15) is 0 Å². The van der Waals surface area contributed by atoms with Crippen LogP contribution in [0.5, 0.6) is 0 Å². The standard InChI is InChI=1S/C16H33N3O2/c1-18(9-11-21)13-14-5-7-17-12-16(14)19-8-3-2-4-15(19)6-10-20/h14-17,20-21H,2-13H2,1H3. The SMILES string of the molecule is CN(CCO)CC1CCNCC1N1CCCCC1CCO. The maximum absolute atomic E-state index is 9.34.